The second-order valence-electron chi connectivity index (χ2n) is 5.43. The van der Waals surface area contributed by atoms with E-state index in [0.717, 1.165) is 30.4 Å². The third kappa shape index (κ3) is 3.65. The lowest BCUT2D eigenvalue weighted by atomic mass is 10.1. The zero-order valence-corrected chi connectivity index (χ0v) is 13.2. The van der Waals surface area contributed by atoms with Gasteiger partial charge in [-0.05, 0) is 48.4 Å². The van der Waals surface area contributed by atoms with Crippen molar-refractivity contribution in [1.82, 2.24) is 4.31 Å². The number of nitrogens with zero attached hydrogens (tertiary/aromatic N) is 1. The lowest BCUT2D eigenvalue weighted by molar-refractivity contribution is 0.430. The van der Waals surface area contributed by atoms with Crippen molar-refractivity contribution >= 4 is 10.0 Å². The van der Waals surface area contributed by atoms with Crippen LogP contribution in [0.2, 0.25) is 0 Å². The average molecular weight is 306 g/mol. The molecule has 0 heterocycles. The molecule has 2 N–H and O–H groups in total. The molecular formula is C16H22N2O2S. The summed E-state index contributed by atoms with van der Waals surface area (Å²) in [4.78, 5) is 0.288. The summed E-state index contributed by atoms with van der Waals surface area (Å²) in [5, 5.41) is 0. The monoisotopic (exact) mass is 306 g/mol. The fourth-order valence-electron chi connectivity index (χ4n) is 2.38. The largest absolute Gasteiger partial charge is 0.326 e. The number of hydrogen-bond donors (Lipinski definition) is 1. The Kier molecular flexibility index (Phi) is 5.04. The molecule has 0 aromatic heterocycles. The van der Waals surface area contributed by atoms with Gasteiger partial charge < -0.3 is 5.73 Å². The van der Waals surface area contributed by atoms with Crippen LogP contribution in [0.5, 0.6) is 0 Å². The van der Waals surface area contributed by atoms with Crippen molar-refractivity contribution in [3.63, 3.8) is 0 Å². The number of aryl methyl sites for hydroxylation is 1. The second-order valence-corrected chi connectivity index (χ2v) is 7.37. The lowest BCUT2D eigenvalue weighted by Gasteiger charge is -2.20. The lowest BCUT2D eigenvalue weighted by Crippen LogP contribution is -2.33. The van der Waals surface area contributed by atoms with Crippen LogP contribution in [-0.4, -0.2) is 25.8 Å². The number of terminal acetylenes is 1. The molecule has 114 valence electrons. The van der Waals surface area contributed by atoms with Gasteiger partial charge in [0.1, 0.15) is 0 Å². The molecule has 21 heavy (non-hydrogen) atoms. The Morgan fingerprint density at radius 1 is 1.38 bits per heavy atom. The molecule has 2 rings (SSSR count). The summed E-state index contributed by atoms with van der Waals surface area (Å²) in [6.07, 6.45) is 8.33. The number of nitrogens with two attached hydrogens (primary N) is 1. The first kappa shape index (κ1) is 16.0. The molecule has 5 heteroatoms. The first-order valence-corrected chi connectivity index (χ1v) is 8.72. The Labute approximate surface area is 127 Å². The van der Waals surface area contributed by atoms with Crippen LogP contribution in [0.1, 0.15) is 30.9 Å². The fraction of sp³-hybridized carbons (Fsp3) is 0.500. The van der Waals surface area contributed by atoms with E-state index >= 15 is 0 Å². The summed E-state index contributed by atoms with van der Waals surface area (Å²) in [6.45, 7) is 3.00. The zero-order chi connectivity index (χ0) is 15.5. The van der Waals surface area contributed by atoms with E-state index in [2.05, 4.69) is 5.92 Å². The highest BCUT2D eigenvalue weighted by Crippen LogP contribution is 2.31. The van der Waals surface area contributed by atoms with Gasteiger partial charge in [-0.25, -0.2) is 8.42 Å². The molecule has 0 unspecified atom stereocenters. The number of hydrogen-bond acceptors (Lipinski definition) is 3. The average Bonchev–Trinajstić information content (AvgIpc) is 3.30. The predicted molar refractivity (Wildman–Crippen MR) is 84.0 cm³/mol. The molecule has 0 spiro atoms. The number of sulfonamides is 1. The predicted octanol–water partition coefficient (Wildman–Crippen LogP) is 1.74. The summed E-state index contributed by atoms with van der Waals surface area (Å²) >= 11 is 0. The molecule has 1 aromatic carbocycles. The summed E-state index contributed by atoms with van der Waals surface area (Å²) in [7, 11) is -3.54. The zero-order valence-electron chi connectivity index (χ0n) is 12.4. The first-order chi connectivity index (χ1) is 10.0. The molecule has 1 aromatic rings. The third-order valence-corrected chi connectivity index (χ3v) is 5.65. The molecule has 0 atom stereocenters. The van der Waals surface area contributed by atoms with Crippen LogP contribution in [0.15, 0.2) is 23.1 Å². The van der Waals surface area contributed by atoms with Gasteiger partial charge in [-0.15, -0.1) is 6.42 Å². The maximum Gasteiger partial charge on any atom is 0.243 e. The Morgan fingerprint density at radius 3 is 2.62 bits per heavy atom. The highest BCUT2D eigenvalue weighted by Gasteiger charge is 2.31. The van der Waals surface area contributed by atoms with Crippen molar-refractivity contribution in [2.45, 2.75) is 37.6 Å². The van der Waals surface area contributed by atoms with Crippen molar-refractivity contribution in [3.8, 4) is 12.3 Å². The van der Waals surface area contributed by atoms with Crippen molar-refractivity contribution in [1.29, 1.82) is 0 Å². The van der Waals surface area contributed by atoms with E-state index in [4.69, 9.17) is 12.2 Å². The quantitative estimate of drug-likeness (QED) is 0.781. The van der Waals surface area contributed by atoms with Gasteiger partial charge in [-0.2, -0.15) is 4.31 Å². The summed E-state index contributed by atoms with van der Waals surface area (Å²) in [5.74, 6) is 2.91. The number of rotatable bonds is 7. The van der Waals surface area contributed by atoms with Crippen molar-refractivity contribution in [2.75, 3.05) is 13.1 Å². The highest BCUT2D eigenvalue weighted by atomic mass is 32.2. The third-order valence-electron chi connectivity index (χ3n) is 3.84. The molecule has 0 saturated heterocycles. The minimum atomic E-state index is -3.54. The van der Waals surface area contributed by atoms with Gasteiger partial charge in [-0.1, -0.05) is 18.9 Å². The smallest absolute Gasteiger partial charge is 0.243 e. The van der Waals surface area contributed by atoms with Gasteiger partial charge in [0.2, 0.25) is 10.0 Å². The first-order valence-electron chi connectivity index (χ1n) is 7.28. The minimum absolute atomic E-state index is 0.117. The van der Waals surface area contributed by atoms with Gasteiger partial charge in [0.25, 0.3) is 0 Å². The molecule has 1 aliphatic rings. The topological polar surface area (TPSA) is 63.4 Å². The molecule has 1 fully saturated rings. The van der Waals surface area contributed by atoms with E-state index < -0.39 is 10.0 Å². The van der Waals surface area contributed by atoms with Crippen molar-refractivity contribution in [2.24, 2.45) is 11.7 Å². The SMILES string of the molecule is C#CCN(CC1CC1)S(=O)(=O)c1ccc(CC)c(CN)c1. The van der Waals surface area contributed by atoms with E-state index in [1.807, 2.05) is 13.0 Å². The molecular weight excluding hydrogens is 284 g/mol. The highest BCUT2D eigenvalue weighted by molar-refractivity contribution is 7.89. The van der Waals surface area contributed by atoms with Crippen LogP contribution in [0.25, 0.3) is 0 Å². The molecule has 0 bridgehead atoms. The molecule has 1 saturated carbocycles. The second kappa shape index (κ2) is 6.61. The van der Waals surface area contributed by atoms with Gasteiger partial charge in [0.05, 0.1) is 11.4 Å². The van der Waals surface area contributed by atoms with Crippen molar-refractivity contribution < 1.29 is 8.42 Å². The fourth-order valence-corrected chi connectivity index (χ4v) is 3.87. The standard InChI is InChI=1S/C16H22N2O2S/c1-3-9-18(12-13-5-6-13)21(19,20)16-8-7-14(4-2)15(10-16)11-17/h1,7-8,10,13H,4-6,9,11-12,17H2,2H3. The van der Waals surface area contributed by atoms with Gasteiger partial charge >= 0.3 is 0 Å². The summed E-state index contributed by atoms with van der Waals surface area (Å²) < 4.78 is 26.9. The van der Waals surface area contributed by atoms with Crippen LogP contribution in [-0.2, 0) is 23.0 Å². The maximum atomic E-state index is 12.7. The normalized spacial score (nSPS) is 15.1. The Bertz CT molecular complexity index is 643. The van der Waals surface area contributed by atoms with E-state index in [-0.39, 0.29) is 11.4 Å². The molecule has 0 aliphatic heterocycles. The van der Waals surface area contributed by atoms with E-state index in [0.29, 0.717) is 19.0 Å². The molecule has 4 nitrogen and oxygen atoms in total. The van der Waals surface area contributed by atoms with E-state index in [1.165, 1.54) is 4.31 Å². The molecule has 1 aliphatic carbocycles. The Morgan fingerprint density at radius 2 is 2.10 bits per heavy atom. The minimum Gasteiger partial charge on any atom is -0.326 e. The van der Waals surface area contributed by atoms with E-state index in [9.17, 15) is 8.42 Å². The molecule has 0 radical (unpaired) electrons. The van der Waals surface area contributed by atoms with Crippen LogP contribution < -0.4 is 5.73 Å². The van der Waals surface area contributed by atoms with Crippen LogP contribution in [0.3, 0.4) is 0 Å². The maximum absolute atomic E-state index is 12.7. The summed E-state index contributed by atoms with van der Waals surface area (Å²) in [6, 6.07) is 5.19. The Hall–Kier alpha value is -1.35. The van der Waals surface area contributed by atoms with E-state index in [1.54, 1.807) is 12.1 Å². The van der Waals surface area contributed by atoms with Crippen LogP contribution >= 0.6 is 0 Å². The van der Waals surface area contributed by atoms with Crippen LogP contribution in [0.4, 0.5) is 0 Å². The van der Waals surface area contributed by atoms with Gasteiger partial charge in [0.15, 0.2) is 0 Å². The van der Waals surface area contributed by atoms with Gasteiger partial charge in [0, 0.05) is 13.1 Å². The summed E-state index contributed by atoms with van der Waals surface area (Å²) in [5.41, 5.74) is 7.69. The van der Waals surface area contributed by atoms with Gasteiger partial charge in [-0.3, -0.25) is 0 Å². The molecule has 0 amide bonds. The van der Waals surface area contributed by atoms with Crippen molar-refractivity contribution in [3.05, 3.63) is 29.3 Å². The van der Waals surface area contributed by atoms with Crippen LogP contribution in [0, 0.1) is 18.3 Å². The number of benzene rings is 1. The Balaban J connectivity index is 2.34.